The molecule has 0 saturated carbocycles. The quantitative estimate of drug-likeness (QED) is 0.450. The number of nitrogens with two attached hydrogens (primary N) is 1. The number of halogens is 4. The summed E-state index contributed by atoms with van der Waals surface area (Å²) in [5.41, 5.74) is 4.29. The van der Waals surface area contributed by atoms with Crippen LogP contribution in [0.3, 0.4) is 0 Å². The summed E-state index contributed by atoms with van der Waals surface area (Å²) in [5, 5.41) is 0.892. The van der Waals surface area contributed by atoms with Crippen LogP contribution >= 0.6 is 45.8 Å². The lowest BCUT2D eigenvalue weighted by molar-refractivity contribution is 0.612. The van der Waals surface area contributed by atoms with E-state index in [9.17, 15) is 4.39 Å². The van der Waals surface area contributed by atoms with Crippen LogP contribution in [0.5, 0.6) is 0 Å². The largest absolute Gasteiger partial charge is 0.271 e. The smallest absolute Gasteiger partial charge is 0.124 e. The number of hydrogen-bond donors (Lipinski definition) is 2. The molecular weight excluding hydrogens is 401 g/mol. The average molecular weight is 411 g/mol. The zero-order valence-electron chi connectivity index (χ0n) is 9.63. The Bertz CT molecular complexity index is 607. The number of rotatable bonds is 3. The fourth-order valence-electron chi connectivity index (χ4n) is 1.83. The third-order valence-corrected chi connectivity index (χ3v) is 4.50. The zero-order chi connectivity index (χ0) is 14.0. The highest BCUT2D eigenvalue weighted by molar-refractivity contribution is 14.1. The van der Waals surface area contributed by atoms with Gasteiger partial charge in [0, 0.05) is 3.57 Å². The molecule has 0 heterocycles. The van der Waals surface area contributed by atoms with Crippen LogP contribution in [0.1, 0.15) is 17.2 Å². The van der Waals surface area contributed by atoms with Crippen LogP contribution < -0.4 is 11.3 Å². The molecule has 1 unspecified atom stereocenters. The van der Waals surface area contributed by atoms with Gasteiger partial charge in [0.05, 0.1) is 16.1 Å². The van der Waals surface area contributed by atoms with Crippen molar-refractivity contribution in [2.45, 2.75) is 6.04 Å². The van der Waals surface area contributed by atoms with Gasteiger partial charge in [0.25, 0.3) is 0 Å². The number of benzene rings is 2. The molecule has 2 nitrogen and oxygen atoms in total. The van der Waals surface area contributed by atoms with E-state index in [0.717, 1.165) is 14.7 Å². The molecule has 2 aromatic rings. The van der Waals surface area contributed by atoms with Gasteiger partial charge in [0.15, 0.2) is 0 Å². The van der Waals surface area contributed by atoms with Gasteiger partial charge < -0.3 is 0 Å². The van der Waals surface area contributed by atoms with Crippen molar-refractivity contribution in [3.63, 3.8) is 0 Å². The molecular formula is C13H10Cl2FIN2. The molecule has 19 heavy (non-hydrogen) atoms. The summed E-state index contributed by atoms with van der Waals surface area (Å²) >= 11 is 14.3. The predicted molar refractivity (Wildman–Crippen MR) is 84.7 cm³/mol. The summed E-state index contributed by atoms with van der Waals surface area (Å²) < 4.78 is 13.9. The Hall–Kier alpha value is -0.400. The number of hydrazine groups is 1. The molecule has 0 saturated heterocycles. The van der Waals surface area contributed by atoms with Gasteiger partial charge >= 0.3 is 0 Å². The third kappa shape index (κ3) is 3.20. The van der Waals surface area contributed by atoms with E-state index in [-0.39, 0.29) is 11.9 Å². The minimum Gasteiger partial charge on any atom is -0.271 e. The summed E-state index contributed by atoms with van der Waals surface area (Å²) in [6.07, 6.45) is 0. The van der Waals surface area contributed by atoms with Gasteiger partial charge in [-0.15, -0.1) is 0 Å². The molecule has 0 aliphatic carbocycles. The summed E-state index contributed by atoms with van der Waals surface area (Å²) in [6.45, 7) is 0. The summed E-state index contributed by atoms with van der Waals surface area (Å²) in [7, 11) is 0. The van der Waals surface area contributed by atoms with Gasteiger partial charge in [-0.25, -0.2) is 9.82 Å². The Kier molecular flexibility index (Phi) is 5.03. The van der Waals surface area contributed by atoms with Crippen molar-refractivity contribution in [2.24, 2.45) is 5.84 Å². The van der Waals surface area contributed by atoms with Crippen LogP contribution in [0.2, 0.25) is 10.0 Å². The Morgan fingerprint density at radius 3 is 2.53 bits per heavy atom. The fraction of sp³-hybridized carbons (Fsp3) is 0.0769. The van der Waals surface area contributed by atoms with E-state index in [2.05, 4.69) is 28.0 Å². The first-order valence-corrected chi connectivity index (χ1v) is 7.23. The number of nitrogens with one attached hydrogen (secondary N) is 1. The first kappa shape index (κ1) is 15.0. The molecule has 0 bridgehead atoms. The standard InChI is InChI=1S/C13H10Cl2FIN2/c14-10-3-1-2-9(12(10)15)13(19-18)8-5-4-7(16)6-11(8)17/h1-6,13,19H,18H2. The van der Waals surface area contributed by atoms with Crippen LogP contribution in [-0.2, 0) is 0 Å². The van der Waals surface area contributed by atoms with E-state index in [1.165, 1.54) is 12.1 Å². The summed E-state index contributed by atoms with van der Waals surface area (Å²) in [4.78, 5) is 0. The second-order valence-corrected chi connectivity index (χ2v) is 5.86. The van der Waals surface area contributed by atoms with Crippen molar-refractivity contribution in [1.82, 2.24) is 5.43 Å². The highest BCUT2D eigenvalue weighted by atomic mass is 127. The maximum Gasteiger partial charge on any atom is 0.124 e. The first-order valence-electron chi connectivity index (χ1n) is 5.39. The minimum absolute atomic E-state index is 0.291. The zero-order valence-corrected chi connectivity index (χ0v) is 13.3. The van der Waals surface area contributed by atoms with Crippen molar-refractivity contribution in [2.75, 3.05) is 0 Å². The second-order valence-electron chi connectivity index (χ2n) is 3.91. The molecule has 6 heteroatoms. The molecule has 0 fully saturated rings. The van der Waals surface area contributed by atoms with Gasteiger partial charge in [0.2, 0.25) is 0 Å². The van der Waals surface area contributed by atoms with E-state index < -0.39 is 0 Å². The Labute approximate surface area is 134 Å². The lowest BCUT2D eigenvalue weighted by Gasteiger charge is -2.20. The summed E-state index contributed by atoms with van der Waals surface area (Å²) in [5.74, 6) is 5.32. The predicted octanol–water partition coefficient (Wildman–Crippen LogP) is 4.29. The molecule has 3 N–H and O–H groups in total. The van der Waals surface area contributed by atoms with E-state index in [0.29, 0.717) is 10.0 Å². The molecule has 1 atom stereocenters. The van der Waals surface area contributed by atoms with Crippen molar-refractivity contribution < 1.29 is 4.39 Å². The van der Waals surface area contributed by atoms with Gasteiger partial charge in [-0.05, 0) is 51.9 Å². The van der Waals surface area contributed by atoms with Crippen molar-refractivity contribution in [3.8, 4) is 0 Å². The van der Waals surface area contributed by atoms with Gasteiger partial charge in [-0.3, -0.25) is 5.84 Å². The highest BCUT2D eigenvalue weighted by Gasteiger charge is 2.19. The van der Waals surface area contributed by atoms with Gasteiger partial charge in [-0.1, -0.05) is 41.4 Å². The monoisotopic (exact) mass is 410 g/mol. The lowest BCUT2D eigenvalue weighted by atomic mass is 9.99. The normalized spacial score (nSPS) is 12.5. The van der Waals surface area contributed by atoms with E-state index in [4.69, 9.17) is 29.0 Å². The second kappa shape index (κ2) is 6.37. The Morgan fingerprint density at radius 1 is 1.16 bits per heavy atom. The molecule has 0 radical (unpaired) electrons. The molecule has 100 valence electrons. The molecule has 0 aliphatic heterocycles. The van der Waals surface area contributed by atoms with E-state index in [1.807, 2.05) is 6.07 Å². The van der Waals surface area contributed by atoms with Crippen LogP contribution in [0, 0.1) is 9.39 Å². The van der Waals surface area contributed by atoms with Crippen LogP contribution in [-0.4, -0.2) is 0 Å². The highest BCUT2D eigenvalue weighted by Crippen LogP contribution is 2.34. The molecule has 0 amide bonds. The maximum atomic E-state index is 13.2. The van der Waals surface area contributed by atoms with E-state index in [1.54, 1.807) is 18.2 Å². The number of hydrogen-bond acceptors (Lipinski definition) is 2. The molecule has 0 aliphatic rings. The first-order chi connectivity index (χ1) is 9.04. The van der Waals surface area contributed by atoms with Crippen LogP contribution in [0.4, 0.5) is 4.39 Å². The minimum atomic E-state index is -0.348. The van der Waals surface area contributed by atoms with Crippen molar-refractivity contribution in [3.05, 3.63) is 67.0 Å². The van der Waals surface area contributed by atoms with Crippen LogP contribution in [0.25, 0.3) is 0 Å². The van der Waals surface area contributed by atoms with E-state index >= 15 is 0 Å². The van der Waals surface area contributed by atoms with Crippen LogP contribution in [0.15, 0.2) is 36.4 Å². The lowest BCUT2D eigenvalue weighted by Crippen LogP contribution is -2.29. The van der Waals surface area contributed by atoms with Gasteiger partial charge in [-0.2, -0.15) is 0 Å². The van der Waals surface area contributed by atoms with Gasteiger partial charge in [0.1, 0.15) is 5.82 Å². The molecule has 2 rings (SSSR count). The average Bonchev–Trinajstić information content (AvgIpc) is 2.37. The van der Waals surface area contributed by atoms with Crippen molar-refractivity contribution in [1.29, 1.82) is 0 Å². The SMILES string of the molecule is NNC(c1ccc(F)cc1I)c1cccc(Cl)c1Cl. The fourth-order valence-corrected chi connectivity index (χ4v) is 3.03. The summed E-state index contributed by atoms with van der Waals surface area (Å²) in [6, 6.07) is 9.50. The topological polar surface area (TPSA) is 38.0 Å². The Morgan fingerprint density at radius 2 is 1.89 bits per heavy atom. The maximum absolute atomic E-state index is 13.2. The Balaban J connectivity index is 2.53. The third-order valence-electron chi connectivity index (χ3n) is 2.73. The molecule has 0 spiro atoms. The molecule has 0 aromatic heterocycles. The van der Waals surface area contributed by atoms with Crippen molar-refractivity contribution >= 4 is 45.8 Å². The molecule has 2 aromatic carbocycles.